The van der Waals surface area contributed by atoms with Crippen LogP contribution in [-0.4, -0.2) is 18.0 Å². The molecule has 1 aliphatic carbocycles. The molecule has 0 heterocycles. The topological polar surface area (TPSA) is 64.3 Å². The highest BCUT2D eigenvalue weighted by atomic mass is 16.5. The Bertz CT molecular complexity index is 655. The SMILES string of the molecule is C[C@H](NC1CC1c1ccc(OCc2ccccc2)cc1)C(N)=O. The Kier molecular flexibility index (Phi) is 4.63. The fourth-order valence-electron chi connectivity index (χ4n) is 2.70. The van der Waals surface area contributed by atoms with Gasteiger partial charge in [-0.25, -0.2) is 0 Å². The van der Waals surface area contributed by atoms with Crippen molar-refractivity contribution in [3.8, 4) is 5.75 Å². The third-order valence-corrected chi connectivity index (χ3v) is 4.24. The number of carbonyl (C=O) groups is 1. The molecule has 3 N–H and O–H groups in total. The van der Waals surface area contributed by atoms with E-state index in [1.807, 2.05) is 30.3 Å². The van der Waals surface area contributed by atoms with Crippen molar-refractivity contribution in [3.63, 3.8) is 0 Å². The number of carbonyl (C=O) groups excluding carboxylic acids is 1. The van der Waals surface area contributed by atoms with Gasteiger partial charge in [0.25, 0.3) is 0 Å². The van der Waals surface area contributed by atoms with Gasteiger partial charge >= 0.3 is 0 Å². The van der Waals surface area contributed by atoms with Gasteiger partial charge in [0.2, 0.25) is 5.91 Å². The fourth-order valence-corrected chi connectivity index (χ4v) is 2.70. The second-order valence-electron chi connectivity index (χ2n) is 6.08. The number of primary amides is 1. The Morgan fingerprint density at radius 3 is 2.57 bits per heavy atom. The Morgan fingerprint density at radius 1 is 1.22 bits per heavy atom. The number of benzene rings is 2. The van der Waals surface area contributed by atoms with Crippen LogP contribution >= 0.6 is 0 Å². The molecule has 3 atom stereocenters. The van der Waals surface area contributed by atoms with E-state index in [0.717, 1.165) is 17.7 Å². The molecule has 2 aromatic rings. The van der Waals surface area contributed by atoms with Crippen molar-refractivity contribution in [3.05, 3.63) is 65.7 Å². The number of hydrogen-bond acceptors (Lipinski definition) is 3. The van der Waals surface area contributed by atoms with E-state index in [-0.39, 0.29) is 11.9 Å². The second-order valence-corrected chi connectivity index (χ2v) is 6.08. The van der Waals surface area contributed by atoms with Crippen molar-refractivity contribution in [1.82, 2.24) is 5.32 Å². The van der Waals surface area contributed by atoms with Crippen LogP contribution in [0.1, 0.15) is 30.4 Å². The number of hydrogen-bond donors (Lipinski definition) is 2. The van der Waals surface area contributed by atoms with E-state index in [1.54, 1.807) is 6.92 Å². The van der Waals surface area contributed by atoms with Gasteiger partial charge in [0.1, 0.15) is 12.4 Å². The molecule has 3 rings (SSSR count). The summed E-state index contributed by atoms with van der Waals surface area (Å²) in [7, 11) is 0. The van der Waals surface area contributed by atoms with E-state index in [2.05, 4.69) is 29.6 Å². The summed E-state index contributed by atoms with van der Waals surface area (Å²) in [6, 6.07) is 18.4. The average molecular weight is 310 g/mol. The average Bonchev–Trinajstić information content (AvgIpc) is 3.33. The minimum Gasteiger partial charge on any atom is -0.489 e. The fraction of sp³-hybridized carbons (Fsp3) is 0.316. The predicted octanol–water partition coefficient (Wildman–Crippen LogP) is 2.58. The molecule has 120 valence electrons. The maximum absolute atomic E-state index is 11.1. The van der Waals surface area contributed by atoms with E-state index in [9.17, 15) is 4.79 Å². The molecular weight excluding hydrogens is 288 g/mol. The minimum absolute atomic E-state index is 0.279. The summed E-state index contributed by atoms with van der Waals surface area (Å²) in [5, 5.41) is 3.26. The largest absolute Gasteiger partial charge is 0.489 e. The number of nitrogens with two attached hydrogens (primary N) is 1. The first-order valence-electron chi connectivity index (χ1n) is 7.95. The summed E-state index contributed by atoms with van der Waals surface area (Å²) < 4.78 is 5.79. The summed E-state index contributed by atoms with van der Waals surface area (Å²) in [6.45, 7) is 2.38. The van der Waals surface area contributed by atoms with Crippen molar-refractivity contribution in [2.75, 3.05) is 0 Å². The maximum atomic E-state index is 11.1. The predicted molar refractivity (Wildman–Crippen MR) is 90.2 cm³/mol. The van der Waals surface area contributed by atoms with Gasteiger partial charge in [-0.1, -0.05) is 42.5 Å². The Hall–Kier alpha value is -2.33. The molecule has 1 saturated carbocycles. The summed E-state index contributed by atoms with van der Waals surface area (Å²) >= 11 is 0. The number of amides is 1. The van der Waals surface area contributed by atoms with Gasteiger partial charge in [-0.15, -0.1) is 0 Å². The Balaban J connectivity index is 1.51. The third-order valence-electron chi connectivity index (χ3n) is 4.24. The normalized spacial score (nSPS) is 20.7. The minimum atomic E-state index is -0.305. The first-order chi connectivity index (χ1) is 11.1. The van der Waals surface area contributed by atoms with Crippen molar-refractivity contribution in [1.29, 1.82) is 0 Å². The zero-order valence-electron chi connectivity index (χ0n) is 13.2. The van der Waals surface area contributed by atoms with E-state index >= 15 is 0 Å². The van der Waals surface area contributed by atoms with Crippen LogP contribution in [0.2, 0.25) is 0 Å². The zero-order valence-corrected chi connectivity index (χ0v) is 13.2. The van der Waals surface area contributed by atoms with Gasteiger partial charge in [0.15, 0.2) is 0 Å². The first-order valence-corrected chi connectivity index (χ1v) is 7.95. The van der Waals surface area contributed by atoms with Crippen molar-refractivity contribution in [2.24, 2.45) is 5.73 Å². The highest BCUT2D eigenvalue weighted by molar-refractivity contribution is 5.79. The summed E-state index contributed by atoms with van der Waals surface area (Å²) in [5.41, 5.74) is 7.71. The van der Waals surface area contributed by atoms with Crippen LogP contribution in [0.15, 0.2) is 54.6 Å². The molecule has 0 aliphatic heterocycles. The molecule has 4 heteroatoms. The van der Waals surface area contributed by atoms with Gasteiger partial charge in [0.05, 0.1) is 6.04 Å². The molecule has 2 aromatic carbocycles. The maximum Gasteiger partial charge on any atom is 0.234 e. The molecule has 2 unspecified atom stereocenters. The molecule has 4 nitrogen and oxygen atoms in total. The smallest absolute Gasteiger partial charge is 0.234 e. The lowest BCUT2D eigenvalue weighted by molar-refractivity contribution is -0.119. The van der Waals surface area contributed by atoms with Crippen LogP contribution in [0, 0.1) is 0 Å². The lowest BCUT2D eigenvalue weighted by Crippen LogP contribution is -2.40. The van der Waals surface area contributed by atoms with Crippen LogP contribution in [0.4, 0.5) is 0 Å². The highest BCUT2D eigenvalue weighted by Gasteiger charge is 2.39. The van der Waals surface area contributed by atoms with Crippen molar-refractivity contribution >= 4 is 5.91 Å². The summed E-state index contributed by atoms with van der Waals surface area (Å²) in [6.07, 6.45) is 1.04. The molecular formula is C19H22N2O2. The molecule has 0 bridgehead atoms. The van der Waals surface area contributed by atoms with Gasteiger partial charge in [-0.2, -0.15) is 0 Å². The first kappa shape index (κ1) is 15.6. The van der Waals surface area contributed by atoms with Gasteiger partial charge < -0.3 is 15.8 Å². The summed E-state index contributed by atoms with van der Waals surface area (Å²) in [5.74, 6) is 1.02. The van der Waals surface area contributed by atoms with E-state index in [1.165, 1.54) is 5.56 Å². The molecule has 0 radical (unpaired) electrons. The zero-order chi connectivity index (χ0) is 16.2. The van der Waals surface area contributed by atoms with Crippen LogP contribution in [-0.2, 0) is 11.4 Å². The van der Waals surface area contributed by atoms with Gasteiger partial charge in [-0.3, -0.25) is 4.79 Å². The van der Waals surface area contributed by atoms with Crippen LogP contribution in [0.5, 0.6) is 5.75 Å². The molecule has 0 saturated heterocycles. The van der Waals surface area contributed by atoms with E-state index < -0.39 is 0 Å². The highest BCUT2D eigenvalue weighted by Crippen LogP contribution is 2.41. The van der Waals surface area contributed by atoms with Gasteiger partial charge in [-0.05, 0) is 36.6 Å². The van der Waals surface area contributed by atoms with Gasteiger partial charge in [0, 0.05) is 12.0 Å². The molecule has 1 aliphatic rings. The van der Waals surface area contributed by atoms with Crippen LogP contribution in [0.3, 0.4) is 0 Å². The number of rotatable bonds is 7. The summed E-state index contributed by atoms with van der Waals surface area (Å²) in [4.78, 5) is 11.1. The Labute approximate surface area is 136 Å². The molecule has 0 aromatic heterocycles. The monoisotopic (exact) mass is 310 g/mol. The molecule has 1 amide bonds. The van der Waals surface area contributed by atoms with Crippen molar-refractivity contribution < 1.29 is 9.53 Å². The molecule has 1 fully saturated rings. The third kappa shape index (κ3) is 4.11. The standard InChI is InChI=1S/C19H22N2O2/c1-13(19(20)22)21-18-11-17(18)15-7-9-16(10-8-15)23-12-14-5-3-2-4-6-14/h2-10,13,17-18,21H,11-12H2,1H3,(H2,20,22)/t13-,17?,18?/m0/s1. The molecule has 0 spiro atoms. The van der Waals surface area contributed by atoms with Crippen LogP contribution in [0.25, 0.3) is 0 Å². The van der Waals surface area contributed by atoms with Crippen LogP contribution < -0.4 is 15.8 Å². The number of ether oxygens (including phenoxy) is 1. The molecule has 23 heavy (non-hydrogen) atoms. The quantitative estimate of drug-likeness (QED) is 0.826. The lowest BCUT2D eigenvalue weighted by atomic mass is 10.1. The van der Waals surface area contributed by atoms with Crippen molar-refractivity contribution in [2.45, 2.75) is 38.0 Å². The lowest BCUT2D eigenvalue weighted by Gasteiger charge is -2.10. The second kappa shape index (κ2) is 6.84. The van der Waals surface area contributed by atoms with E-state index in [4.69, 9.17) is 10.5 Å². The Morgan fingerprint density at radius 2 is 1.91 bits per heavy atom. The van der Waals surface area contributed by atoms with E-state index in [0.29, 0.717) is 18.6 Å². The number of nitrogens with one attached hydrogen (secondary N) is 1.